The van der Waals surface area contributed by atoms with Crippen molar-refractivity contribution in [2.24, 2.45) is 0 Å². The van der Waals surface area contributed by atoms with Crippen molar-refractivity contribution in [1.82, 2.24) is 10.6 Å². The highest BCUT2D eigenvalue weighted by atomic mass is 15.1. The number of hydrogen-bond donors (Lipinski definition) is 2. The second kappa shape index (κ2) is 5.85. The van der Waals surface area contributed by atoms with E-state index in [4.69, 9.17) is 0 Å². The quantitative estimate of drug-likeness (QED) is 0.852. The highest BCUT2D eigenvalue weighted by Crippen LogP contribution is 2.17. The third-order valence-electron chi connectivity index (χ3n) is 2.65. The second-order valence-corrected chi connectivity index (χ2v) is 6.99. The molecular formula is C16H28N2. The van der Waals surface area contributed by atoms with Crippen LogP contribution in [0.15, 0.2) is 30.3 Å². The normalized spacial score (nSPS) is 14.6. The van der Waals surface area contributed by atoms with Gasteiger partial charge in [-0.3, -0.25) is 0 Å². The molecule has 1 unspecified atom stereocenters. The van der Waals surface area contributed by atoms with Crippen LogP contribution in [0.2, 0.25) is 0 Å². The summed E-state index contributed by atoms with van der Waals surface area (Å²) < 4.78 is 0. The summed E-state index contributed by atoms with van der Waals surface area (Å²) in [6.07, 6.45) is 0. The topological polar surface area (TPSA) is 24.1 Å². The highest BCUT2D eigenvalue weighted by Gasteiger charge is 2.20. The molecule has 0 spiro atoms. The summed E-state index contributed by atoms with van der Waals surface area (Å²) in [5, 5.41) is 7.26. The molecule has 0 heterocycles. The Hall–Kier alpha value is -0.860. The molecule has 0 aliphatic rings. The van der Waals surface area contributed by atoms with Crippen molar-refractivity contribution in [3.63, 3.8) is 0 Å². The Morgan fingerprint density at radius 1 is 0.889 bits per heavy atom. The van der Waals surface area contributed by atoms with E-state index in [1.165, 1.54) is 5.56 Å². The van der Waals surface area contributed by atoms with E-state index in [9.17, 15) is 0 Å². The first-order chi connectivity index (χ1) is 8.17. The van der Waals surface area contributed by atoms with Crippen LogP contribution in [-0.2, 0) is 0 Å². The molecule has 0 bridgehead atoms. The molecule has 1 aromatic carbocycles. The fourth-order valence-electron chi connectivity index (χ4n) is 1.87. The van der Waals surface area contributed by atoms with Gasteiger partial charge in [-0.1, -0.05) is 30.3 Å². The van der Waals surface area contributed by atoms with Crippen molar-refractivity contribution in [2.45, 2.75) is 58.7 Å². The SMILES string of the molecule is CC(C)(C)NCC(NC(C)(C)C)c1ccccc1. The van der Waals surface area contributed by atoms with Crippen LogP contribution in [0.1, 0.15) is 53.1 Å². The second-order valence-electron chi connectivity index (χ2n) is 6.99. The van der Waals surface area contributed by atoms with Crippen molar-refractivity contribution in [3.8, 4) is 0 Å². The van der Waals surface area contributed by atoms with Gasteiger partial charge in [0.2, 0.25) is 0 Å². The van der Waals surface area contributed by atoms with Crippen LogP contribution in [0.3, 0.4) is 0 Å². The largest absolute Gasteiger partial charge is 0.310 e. The fourth-order valence-corrected chi connectivity index (χ4v) is 1.87. The summed E-state index contributed by atoms with van der Waals surface area (Å²) in [6.45, 7) is 14.2. The molecule has 2 heteroatoms. The van der Waals surface area contributed by atoms with E-state index in [2.05, 4.69) is 82.5 Å². The molecule has 0 amide bonds. The van der Waals surface area contributed by atoms with Crippen LogP contribution in [-0.4, -0.2) is 17.6 Å². The van der Waals surface area contributed by atoms with Crippen LogP contribution in [0.25, 0.3) is 0 Å². The minimum Gasteiger partial charge on any atom is -0.310 e. The van der Waals surface area contributed by atoms with E-state index in [1.54, 1.807) is 0 Å². The molecule has 1 rings (SSSR count). The Morgan fingerprint density at radius 3 is 1.89 bits per heavy atom. The lowest BCUT2D eigenvalue weighted by Gasteiger charge is -2.32. The van der Waals surface area contributed by atoms with Crippen LogP contribution < -0.4 is 10.6 Å². The zero-order valence-electron chi connectivity index (χ0n) is 12.7. The predicted molar refractivity (Wildman–Crippen MR) is 79.8 cm³/mol. The molecule has 1 atom stereocenters. The van der Waals surface area contributed by atoms with Crippen molar-refractivity contribution in [3.05, 3.63) is 35.9 Å². The third-order valence-corrected chi connectivity index (χ3v) is 2.65. The van der Waals surface area contributed by atoms with E-state index < -0.39 is 0 Å². The van der Waals surface area contributed by atoms with Crippen molar-refractivity contribution in [2.75, 3.05) is 6.54 Å². The Morgan fingerprint density at radius 2 is 1.44 bits per heavy atom. The van der Waals surface area contributed by atoms with E-state index in [0.717, 1.165) is 6.54 Å². The molecule has 2 N–H and O–H groups in total. The summed E-state index contributed by atoms with van der Waals surface area (Å²) in [7, 11) is 0. The number of benzene rings is 1. The van der Waals surface area contributed by atoms with Gasteiger partial charge in [-0.2, -0.15) is 0 Å². The lowest BCUT2D eigenvalue weighted by Crippen LogP contribution is -2.46. The minimum absolute atomic E-state index is 0.111. The highest BCUT2D eigenvalue weighted by molar-refractivity contribution is 5.19. The monoisotopic (exact) mass is 248 g/mol. The van der Waals surface area contributed by atoms with E-state index in [1.807, 2.05) is 0 Å². The molecule has 2 nitrogen and oxygen atoms in total. The summed E-state index contributed by atoms with van der Waals surface area (Å²) in [5.74, 6) is 0. The summed E-state index contributed by atoms with van der Waals surface area (Å²) in [6, 6.07) is 11.0. The first-order valence-electron chi connectivity index (χ1n) is 6.75. The van der Waals surface area contributed by atoms with Crippen molar-refractivity contribution < 1.29 is 0 Å². The Bertz CT molecular complexity index is 344. The average molecular weight is 248 g/mol. The molecular weight excluding hydrogens is 220 g/mol. The molecule has 0 fully saturated rings. The van der Waals surface area contributed by atoms with E-state index in [0.29, 0.717) is 6.04 Å². The summed E-state index contributed by atoms with van der Waals surface area (Å²) >= 11 is 0. The summed E-state index contributed by atoms with van der Waals surface area (Å²) in [5.41, 5.74) is 1.59. The van der Waals surface area contributed by atoms with Gasteiger partial charge in [-0.05, 0) is 47.1 Å². The zero-order chi connectivity index (χ0) is 13.8. The Balaban J connectivity index is 2.76. The van der Waals surface area contributed by atoms with Crippen LogP contribution in [0.4, 0.5) is 0 Å². The van der Waals surface area contributed by atoms with Crippen LogP contribution in [0.5, 0.6) is 0 Å². The van der Waals surface area contributed by atoms with E-state index >= 15 is 0 Å². The standard InChI is InChI=1S/C16H28N2/c1-15(2,3)17-12-14(18-16(4,5)6)13-10-8-7-9-11-13/h7-11,14,17-18H,12H2,1-6H3. The van der Waals surface area contributed by atoms with Gasteiger partial charge in [0.25, 0.3) is 0 Å². The molecule has 0 radical (unpaired) electrons. The molecule has 1 aromatic rings. The molecule has 0 aliphatic heterocycles. The Labute approximate surface area is 112 Å². The van der Waals surface area contributed by atoms with Gasteiger partial charge in [0.15, 0.2) is 0 Å². The van der Waals surface area contributed by atoms with Gasteiger partial charge in [0.1, 0.15) is 0 Å². The molecule has 0 saturated carbocycles. The van der Waals surface area contributed by atoms with Crippen molar-refractivity contribution in [1.29, 1.82) is 0 Å². The van der Waals surface area contributed by atoms with Gasteiger partial charge in [0.05, 0.1) is 0 Å². The molecule has 0 aliphatic carbocycles. The van der Waals surface area contributed by atoms with Gasteiger partial charge in [-0.25, -0.2) is 0 Å². The number of nitrogens with one attached hydrogen (secondary N) is 2. The molecule has 0 aromatic heterocycles. The third kappa shape index (κ3) is 6.18. The zero-order valence-corrected chi connectivity index (χ0v) is 12.7. The van der Waals surface area contributed by atoms with Gasteiger partial charge < -0.3 is 10.6 Å². The van der Waals surface area contributed by atoms with Gasteiger partial charge in [0, 0.05) is 23.7 Å². The van der Waals surface area contributed by atoms with Gasteiger partial charge in [-0.15, -0.1) is 0 Å². The predicted octanol–water partition coefficient (Wildman–Crippen LogP) is 3.50. The van der Waals surface area contributed by atoms with Crippen LogP contribution >= 0.6 is 0 Å². The van der Waals surface area contributed by atoms with Gasteiger partial charge >= 0.3 is 0 Å². The average Bonchev–Trinajstić information content (AvgIpc) is 2.23. The number of rotatable bonds is 4. The Kier molecular flexibility index (Phi) is 4.94. The minimum atomic E-state index is 0.111. The maximum absolute atomic E-state index is 3.68. The van der Waals surface area contributed by atoms with Crippen LogP contribution in [0, 0.1) is 0 Å². The number of hydrogen-bond acceptors (Lipinski definition) is 2. The first-order valence-corrected chi connectivity index (χ1v) is 6.75. The molecule has 0 saturated heterocycles. The molecule has 102 valence electrons. The maximum atomic E-state index is 3.68. The smallest absolute Gasteiger partial charge is 0.0450 e. The van der Waals surface area contributed by atoms with Crippen molar-refractivity contribution >= 4 is 0 Å². The lowest BCUT2D eigenvalue weighted by molar-refractivity contribution is 0.322. The van der Waals surface area contributed by atoms with E-state index in [-0.39, 0.29) is 11.1 Å². The molecule has 18 heavy (non-hydrogen) atoms. The lowest BCUT2D eigenvalue weighted by atomic mass is 10.0. The summed E-state index contributed by atoms with van der Waals surface area (Å²) in [4.78, 5) is 0. The fraction of sp³-hybridized carbons (Fsp3) is 0.625. The maximum Gasteiger partial charge on any atom is 0.0450 e. The first kappa shape index (κ1) is 15.2.